The molecule has 0 aliphatic carbocycles. The molecule has 9 heteroatoms. The number of hydrogen-bond donors (Lipinski definition) is 1. The summed E-state index contributed by atoms with van der Waals surface area (Å²) in [4.78, 5) is 0. The molecule has 0 atom stereocenters. The molecule has 0 radical (unpaired) electrons. The van der Waals surface area contributed by atoms with E-state index in [0.29, 0.717) is 28.6 Å². The Labute approximate surface area is 139 Å². The molecule has 1 aromatic carbocycles. The van der Waals surface area contributed by atoms with Gasteiger partial charge in [-0.25, -0.2) is 0 Å². The summed E-state index contributed by atoms with van der Waals surface area (Å²) in [5.74, 6) is 1.07. The number of anilines is 1. The predicted molar refractivity (Wildman–Crippen MR) is 81.9 cm³/mol. The predicted octanol–water partition coefficient (Wildman–Crippen LogP) is 4.21. The van der Waals surface area contributed by atoms with Crippen LogP contribution in [0.25, 0.3) is 5.69 Å². The standard InChI is InChI=1S/C14H14BrF3N4O/c1-6-10(15)9(23-14(16,17)18)5-8-11(6)22-7(2)20-21-12(22)13(3,4)19-8/h5,19H,1-4H3. The molecule has 1 N–H and O–H groups in total. The Morgan fingerprint density at radius 3 is 2.52 bits per heavy atom. The van der Waals surface area contributed by atoms with Gasteiger partial charge in [0.2, 0.25) is 0 Å². The average molecular weight is 391 g/mol. The van der Waals surface area contributed by atoms with Crippen molar-refractivity contribution in [1.29, 1.82) is 0 Å². The first kappa shape index (κ1) is 16.1. The lowest BCUT2D eigenvalue weighted by atomic mass is 9.98. The van der Waals surface area contributed by atoms with Crippen LogP contribution < -0.4 is 10.1 Å². The van der Waals surface area contributed by atoms with Crippen LogP contribution in [-0.4, -0.2) is 21.1 Å². The van der Waals surface area contributed by atoms with Crippen molar-refractivity contribution >= 4 is 21.6 Å². The van der Waals surface area contributed by atoms with Gasteiger partial charge in [-0.15, -0.1) is 23.4 Å². The molecule has 0 fully saturated rings. The molecule has 2 heterocycles. The van der Waals surface area contributed by atoms with Gasteiger partial charge in [0.1, 0.15) is 11.6 Å². The number of nitrogens with one attached hydrogen (secondary N) is 1. The molecular weight excluding hydrogens is 377 g/mol. The lowest BCUT2D eigenvalue weighted by molar-refractivity contribution is -0.274. The van der Waals surface area contributed by atoms with Crippen molar-refractivity contribution in [3.05, 3.63) is 27.8 Å². The molecule has 23 heavy (non-hydrogen) atoms. The molecular formula is C14H14BrF3N4O. The highest BCUT2D eigenvalue weighted by atomic mass is 79.9. The second-order valence-electron chi connectivity index (χ2n) is 5.91. The molecule has 1 aliphatic heterocycles. The van der Waals surface area contributed by atoms with Crippen molar-refractivity contribution in [3.8, 4) is 11.4 Å². The van der Waals surface area contributed by atoms with Gasteiger partial charge in [-0.2, -0.15) is 0 Å². The van der Waals surface area contributed by atoms with E-state index in [1.54, 1.807) is 13.8 Å². The zero-order chi connectivity index (χ0) is 17.2. The average Bonchev–Trinajstić information content (AvgIpc) is 2.77. The molecule has 1 aromatic heterocycles. The summed E-state index contributed by atoms with van der Waals surface area (Å²) >= 11 is 3.20. The molecule has 0 spiro atoms. The minimum Gasteiger partial charge on any atom is -0.404 e. The maximum Gasteiger partial charge on any atom is 0.573 e. The molecule has 0 amide bonds. The molecule has 124 valence electrons. The van der Waals surface area contributed by atoms with E-state index >= 15 is 0 Å². The minimum absolute atomic E-state index is 0.245. The normalized spacial score (nSPS) is 15.7. The first-order valence-electron chi connectivity index (χ1n) is 6.81. The Morgan fingerprint density at radius 1 is 1.26 bits per heavy atom. The van der Waals surface area contributed by atoms with Gasteiger partial charge < -0.3 is 10.1 Å². The molecule has 5 nitrogen and oxygen atoms in total. The number of halogens is 4. The van der Waals surface area contributed by atoms with Crippen LogP contribution in [0.15, 0.2) is 10.5 Å². The maximum atomic E-state index is 12.6. The largest absolute Gasteiger partial charge is 0.573 e. The SMILES string of the molecule is Cc1c(Br)c(OC(F)(F)F)cc2c1-n1c(C)nnc1C(C)(C)N2. The lowest BCUT2D eigenvalue weighted by Crippen LogP contribution is -2.36. The number of benzene rings is 1. The summed E-state index contributed by atoms with van der Waals surface area (Å²) < 4.78 is 44.0. The number of alkyl halides is 3. The number of aryl methyl sites for hydroxylation is 1. The summed E-state index contributed by atoms with van der Waals surface area (Å²) in [6, 6.07) is 1.34. The van der Waals surface area contributed by atoms with Gasteiger partial charge in [0.05, 0.1) is 21.4 Å². The quantitative estimate of drug-likeness (QED) is 0.792. The van der Waals surface area contributed by atoms with Gasteiger partial charge in [0.25, 0.3) is 0 Å². The summed E-state index contributed by atoms with van der Waals surface area (Å²) in [7, 11) is 0. The summed E-state index contributed by atoms with van der Waals surface area (Å²) in [6.45, 7) is 7.29. The van der Waals surface area contributed by atoms with Crippen LogP contribution in [0, 0.1) is 13.8 Å². The molecule has 2 aromatic rings. The molecule has 0 saturated heterocycles. The molecule has 0 unspecified atom stereocenters. The number of ether oxygens (including phenoxy) is 1. The summed E-state index contributed by atoms with van der Waals surface area (Å²) in [5.41, 5.74) is 1.27. The van der Waals surface area contributed by atoms with Crippen LogP contribution in [0.2, 0.25) is 0 Å². The van der Waals surface area contributed by atoms with Crippen LogP contribution in [0.5, 0.6) is 5.75 Å². The second-order valence-corrected chi connectivity index (χ2v) is 6.71. The van der Waals surface area contributed by atoms with Gasteiger partial charge >= 0.3 is 6.36 Å². The van der Waals surface area contributed by atoms with Crippen molar-refractivity contribution in [1.82, 2.24) is 14.8 Å². The number of rotatable bonds is 1. The Bertz CT molecular complexity index is 798. The zero-order valence-electron chi connectivity index (χ0n) is 12.8. The van der Waals surface area contributed by atoms with E-state index in [1.807, 2.05) is 18.4 Å². The third-order valence-corrected chi connectivity index (χ3v) is 4.70. The van der Waals surface area contributed by atoms with Crippen LogP contribution in [0.4, 0.5) is 18.9 Å². The molecule has 0 saturated carbocycles. The topological polar surface area (TPSA) is 52.0 Å². The second kappa shape index (κ2) is 4.86. The smallest absolute Gasteiger partial charge is 0.404 e. The van der Waals surface area contributed by atoms with Crippen LogP contribution in [-0.2, 0) is 5.54 Å². The number of hydrogen-bond acceptors (Lipinski definition) is 4. The number of fused-ring (bicyclic) bond motifs is 3. The van der Waals surface area contributed by atoms with Crippen molar-refractivity contribution in [3.63, 3.8) is 0 Å². The fourth-order valence-electron chi connectivity index (χ4n) is 2.76. The highest BCUT2D eigenvalue weighted by molar-refractivity contribution is 9.10. The van der Waals surface area contributed by atoms with Crippen molar-refractivity contribution in [2.75, 3.05) is 5.32 Å². The highest BCUT2D eigenvalue weighted by Gasteiger charge is 2.38. The summed E-state index contributed by atoms with van der Waals surface area (Å²) in [6.07, 6.45) is -4.76. The number of aromatic nitrogens is 3. The Hall–Kier alpha value is -1.77. The monoisotopic (exact) mass is 390 g/mol. The Balaban J connectivity index is 2.26. The minimum atomic E-state index is -4.76. The van der Waals surface area contributed by atoms with Crippen LogP contribution >= 0.6 is 15.9 Å². The van der Waals surface area contributed by atoms with Crippen LogP contribution in [0.1, 0.15) is 31.1 Å². The third-order valence-electron chi connectivity index (χ3n) is 3.71. The van der Waals surface area contributed by atoms with E-state index in [4.69, 9.17) is 0 Å². The van der Waals surface area contributed by atoms with E-state index in [2.05, 4.69) is 36.2 Å². The first-order valence-corrected chi connectivity index (χ1v) is 7.60. The number of nitrogens with zero attached hydrogens (tertiary/aromatic N) is 3. The fourth-order valence-corrected chi connectivity index (χ4v) is 3.15. The van der Waals surface area contributed by atoms with Crippen molar-refractivity contribution in [2.45, 2.75) is 39.6 Å². The summed E-state index contributed by atoms with van der Waals surface area (Å²) in [5, 5.41) is 11.5. The molecule has 0 bridgehead atoms. The van der Waals surface area contributed by atoms with Gasteiger partial charge in [0, 0.05) is 6.07 Å². The highest BCUT2D eigenvalue weighted by Crippen LogP contribution is 2.45. The molecule has 3 rings (SSSR count). The maximum absolute atomic E-state index is 12.6. The Kier molecular flexibility index (Phi) is 3.40. The fraction of sp³-hybridized carbons (Fsp3) is 0.429. The van der Waals surface area contributed by atoms with Gasteiger partial charge in [-0.05, 0) is 49.2 Å². The van der Waals surface area contributed by atoms with Crippen LogP contribution in [0.3, 0.4) is 0 Å². The Morgan fingerprint density at radius 2 is 1.91 bits per heavy atom. The van der Waals surface area contributed by atoms with Gasteiger partial charge in [-0.3, -0.25) is 4.57 Å². The van der Waals surface area contributed by atoms with E-state index < -0.39 is 11.9 Å². The molecule has 1 aliphatic rings. The zero-order valence-corrected chi connectivity index (χ0v) is 14.4. The van der Waals surface area contributed by atoms with Crippen molar-refractivity contribution in [2.24, 2.45) is 0 Å². The van der Waals surface area contributed by atoms with Crippen molar-refractivity contribution < 1.29 is 17.9 Å². The van der Waals surface area contributed by atoms with Gasteiger partial charge in [-0.1, -0.05) is 0 Å². The first-order chi connectivity index (χ1) is 10.5. The van der Waals surface area contributed by atoms with E-state index in [9.17, 15) is 13.2 Å². The lowest BCUT2D eigenvalue weighted by Gasteiger charge is -2.35. The third kappa shape index (κ3) is 2.56. The van der Waals surface area contributed by atoms with E-state index in [0.717, 1.165) is 0 Å². The van der Waals surface area contributed by atoms with Gasteiger partial charge in [0.15, 0.2) is 5.82 Å². The van der Waals surface area contributed by atoms with E-state index in [-0.39, 0.29) is 10.2 Å². The van der Waals surface area contributed by atoms with E-state index in [1.165, 1.54) is 6.07 Å².